The lowest BCUT2D eigenvalue weighted by Crippen LogP contribution is -2.26. The van der Waals surface area contributed by atoms with Crippen molar-refractivity contribution in [3.63, 3.8) is 0 Å². The van der Waals surface area contributed by atoms with Gasteiger partial charge in [-0.05, 0) is 50.6 Å². The second-order valence-corrected chi connectivity index (χ2v) is 6.37. The quantitative estimate of drug-likeness (QED) is 0.655. The van der Waals surface area contributed by atoms with Crippen LogP contribution in [0.15, 0.2) is 30.3 Å². The summed E-state index contributed by atoms with van der Waals surface area (Å²) in [7, 11) is 2.99. The average molecular weight is 408 g/mol. The van der Waals surface area contributed by atoms with Gasteiger partial charge in [0.05, 0.1) is 38.5 Å². The molecule has 0 radical (unpaired) electrons. The minimum absolute atomic E-state index is 0.255. The molecule has 0 unspecified atom stereocenters. The fourth-order valence-corrected chi connectivity index (χ4v) is 3.04. The molecular formula is C21H26ClNO5. The van der Waals surface area contributed by atoms with Gasteiger partial charge in [-0.15, -0.1) is 0 Å². The van der Waals surface area contributed by atoms with Gasteiger partial charge in [0.1, 0.15) is 0 Å². The van der Waals surface area contributed by atoms with E-state index in [9.17, 15) is 4.79 Å². The van der Waals surface area contributed by atoms with Crippen molar-refractivity contribution in [2.24, 2.45) is 0 Å². The minimum atomic E-state index is -0.276. The van der Waals surface area contributed by atoms with Gasteiger partial charge in [-0.2, -0.15) is 0 Å². The molecule has 0 saturated carbocycles. The molecule has 28 heavy (non-hydrogen) atoms. The fourth-order valence-electron chi connectivity index (χ4n) is 2.75. The van der Waals surface area contributed by atoms with E-state index < -0.39 is 0 Å². The Balaban J connectivity index is 2.22. The maximum Gasteiger partial charge on any atom is 0.251 e. The van der Waals surface area contributed by atoms with E-state index in [1.54, 1.807) is 12.1 Å². The summed E-state index contributed by atoms with van der Waals surface area (Å²) in [4.78, 5) is 12.7. The lowest BCUT2D eigenvalue weighted by molar-refractivity contribution is 0.0939. The van der Waals surface area contributed by atoms with Gasteiger partial charge < -0.3 is 24.3 Å². The van der Waals surface area contributed by atoms with E-state index in [2.05, 4.69) is 5.32 Å². The van der Waals surface area contributed by atoms with E-state index in [1.807, 2.05) is 39.0 Å². The summed E-state index contributed by atoms with van der Waals surface area (Å²) in [5.74, 6) is 1.84. The van der Waals surface area contributed by atoms with Gasteiger partial charge in [0, 0.05) is 5.56 Å². The number of hydrogen-bond donors (Lipinski definition) is 1. The van der Waals surface area contributed by atoms with E-state index >= 15 is 0 Å². The van der Waals surface area contributed by atoms with Gasteiger partial charge >= 0.3 is 0 Å². The third-order valence-electron chi connectivity index (χ3n) is 4.11. The molecule has 0 aliphatic rings. The van der Waals surface area contributed by atoms with Crippen LogP contribution in [-0.2, 0) is 0 Å². The van der Waals surface area contributed by atoms with E-state index in [-0.39, 0.29) is 11.9 Å². The highest BCUT2D eigenvalue weighted by atomic mass is 35.5. The summed E-state index contributed by atoms with van der Waals surface area (Å²) in [6, 6.07) is 8.51. The molecule has 0 fully saturated rings. The van der Waals surface area contributed by atoms with Crippen molar-refractivity contribution in [3.05, 3.63) is 46.5 Å². The lowest BCUT2D eigenvalue weighted by Gasteiger charge is -2.18. The van der Waals surface area contributed by atoms with Crippen molar-refractivity contribution in [1.29, 1.82) is 0 Å². The zero-order valence-corrected chi connectivity index (χ0v) is 17.6. The van der Waals surface area contributed by atoms with Crippen molar-refractivity contribution in [2.45, 2.75) is 26.8 Å². The Hall–Kier alpha value is -2.60. The summed E-state index contributed by atoms with van der Waals surface area (Å²) in [6.07, 6.45) is 0. The summed E-state index contributed by atoms with van der Waals surface area (Å²) in [6.45, 7) is 6.79. The fraction of sp³-hybridized carbons (Fsp3) is 0.381. The average Bonchev–Trinajstić information content (AvgIpc) is 2.68. The predicted molar refractivity (Wildman–Crippen MR) is 109 cm³/mol. The van der Waals surface area contributed by atoms with Crippen molar-refractivity contribution in [2.75, 3.05) is 27.4 Å². The maximum atomic E-state index is 12.7. The van der Waals surface area contributed by atoms with Crippen LogP contribution >= 0.6 is 11.6 Å². The van der Waals surface area contributed by atoms with Crippen LogP contribution in [0.4, 0.5) is 0 Å². The number of methoxy groups -OCH3 is 2. The first kappa shape index (κ1) is 21.7. The van der Waals surface area contributed by atoms with Gasteiger partial charge in [-0.1, -0.05) is 17.7 Å². The van der Waals surface area contributed by atoms with Crippen molar-refractivity contribution < 1.29 is 23.7 Å². The summed E-state index contributed by atoms with van der Waals surface area (Å²) in [5.41, 5.74) is 1.28. The Morgan fingerprint density at radius 2 is 1.68 bits per heavy atom. The molecule has 0 aromatic heterocycles. The van der Waals surface area contributed by atoms with E-state index in [0.717, 1.165) is 5.56 Å². The highest BCUT2D eigenvalue weighted by Crippen LogP contribution is 2.36. The molecule has 152 valence electrons. The van der Waals surface area contributed by atoms with E-state index in [4.69, 9.17) is 30.5 Å². The summed E-state index contributed by atoms with van der Waals surface area (Å²) >= 11 is 6.20. The summed E-state index contributed by atoms with van der Waals surface area (Å²) < 4.78 is 21.7. The molecule has 2 aromatic rings. The number of nitrogens with one attached hydrogen (secondary N) is 1. The van der Waals surface area contributed by atoms with Crippen molar-refractivity contribution >= 4 is 17.5 Å². The largest absolute Gasteiger partial charge is 0.493 e. The molecule has 1 N–H and O–H groups in total. The highest BCUT2D eigenvalue weighted by Gasteiger charge is 2.18. The predicted octanol–water partition coefficient (Wildman–Crippen LogP) is 4.65. The number of benzene rings is 2. The van der Waals surface area contributed by atoms with Crippen LogP contribution in [0, 0.1) is 0 Å². The van der Waals surface area contributed by atoms with Gasteiger partial charge in [-0.3, -0.25) is 4.79 Å². The molecule has 6 nitrogen and oxygen atoms in total. The Kier molecular flexibility index (Phi) is 7.81. The molecule has 0 heterocycles. The number of hydrogen-bond acceptors (Lipinski definition) is 5. The molecule has 0 saturated heterocycles. The van der Waals surface area contributed by atoms with Crippen LogP contribution in [0.5, 0.6) is 23.0 Å². The topological polar surface area (TPSA) is 66.0 Å². The molecule has 7 heteroatoms. The molecule has 2 rings (SSSR count). The number of ether oxygens (including phenoxy) is 4. The number of rotatable bonds is 9. The Morgan fingerprint density at radius 3 is 2.29 bits per heavy atom. The maximum absolute atomic E-state index is 12.7. The number of carbonyl (C=O) groups excluding carboxylic acids is 1. The molecule has 0 aliphatic carbocycles. The zero-order valence-electron chi connectivity index (χ0n) is 16.8. The van der Waals surface area contributed by atoms with Crippen LogP contribution in [0.3, 0.4) is 0 Å². The first-order valence-electron chi connectivity index (χ1n) is 9.07. The number of carbonyl (C=O) groups is 1. The normalized spacial score (nSPS) is 11.5. The summed E-state index contributed by atoms with van der Waals surface area (Å²) in [5, 5.41) is 3.26. The van der Waals surface area contributed by atoms with E-state index in [1.165, 1.54) is 14.2 Å². The first-order valence-corrected chi connectivity index (χ1v) is 9.44. The Morgan fingerprint density at radius 1 is 1.00 bits per heavy atom. The Bertz CT molecular complexity index is 825. The molecule has 1 atom stereocenters. The van der Waals surface area contributed by atoms with Gasteiger partial charge in [0.2, 0.25) is 0 Å². The second kappa shape index (κ2) is 10.1. The third-order valence-corrected chi connectivity index (χ3v) is 4.39. The van der Waals surface area contributed by atoms with Crippen LogP contribution < -0.4 is 24.3 Å². The van der Waals surface area contributed by atoms with Crippen LogP contribution in [0.25, 0.3) is 0 Å². The molecule has 1 amide bonds. The standard InChI is InChI=1S/C21H26ClNO5/c1-6-27-17-9-8-14(11-18(17)28-7-2)13(3)23-21(24)15-10-16(22)20(26-5)19(12-15)25-4/h8-13H,6-7H2,1-5H3,(H,23,24)/t13-/m0/s1. The van der Waals surface area contributed by atoms with Crippen molar-refractivity contribution in [1.82, 2.24) is 5.32 Å². The Labute approximate surface area is 170 Å². The lowest BCUT2D eigenvalue weighted by atomic mass is 10.1. The van der Waals surface area contributed by atoms with Crippen LogP contribution in [-0.4, -0.2) is 33.3 Å². The number of amides is 1. The zero-order chi connectivity index (χ0) is 20.7. The highest BCUT2D eigenvalue weighted by molar-refractivity contribution is 6.32. The molecule has 0 aliphatic heterocycles. The smallest absolute Gasteiger partial charge is 0.251 e. The molecule has 0 spiro atoms. The van der Waals surface area contributed by atoms with Gasteiger partial charge in [0.25, 0.3) is 5.91 Å². The van der Waals surface area contributed by atoms with Gasteiger partial charge in [-0.25, -0.2) is 0 Å². The number of halogens is 1. The monoisotopic (exact) mass is 407 g/mol. The molecule has 2 aromatic carbocycles. The first-order chi connectivity index (χ1) is 13.4. The van der Waals surface area contributed by atoms with Crippen LogP contribution in [0.1, 0.15) is 42.7 Å². The minimum Gasteiger partial charge on any atom is -0.493 e. The SMILES string of the molecule is CCOc1ccc([C@H](C)NC(=O)c2cc(Cl)c(OC)c(OC)c2)cc1OCC. The van der Waals surface area contributed by atoms with Crippen LogP contribution in [0.2, 0.25) is 5.02 Å². The van der Waals surface area contributed by atoms with E-state index in [0.29, 0.717) is 46.8 Å². The third kappa shape index (κ3) is 5.01. The van der Waals surface area contributed by atoms with Crippen molar-refractivity contribution in [3.8, 4) is 23.0 Å². The molecule has 0 bridgehead atoms. The van der Waals surface area contributed by atoms with Gasteiger partial charge in [0.15, 0.2) is 23.0 Å². The second-order valence-electron chi connectivity index (χ2n) is 5.96. The molecular weight excluding hydrogens is 382 g/mol.